The fraction of sp³-hybridized carbons (Fsp3) is 0.500. The summed E-state index contributed by atoms with van der Waals surface area (Å²) in [4.78, 5) is 15.0. The molecule has 0 amide bonds. The van der Waals surface area contributed by atoms with Crippen LogP contribution >= 0.6 is 0 Å². The SMILES string of the molecule is CCC1(Nc2cc(C(=O)O)ccn2)CCC1. The van der Waals surface area contributed by atoms with Crippen molar-refractivity contribution in [3.05, 3.63) is 23.9 Å². The number of carboxylic acid groups (broad SMARTS) is 1. The Labute approximate surface area is 94.7 Å². The summed E-state index contributed by atoms with van der Waals surface area (Å²) < 4.78 is 0. The molecule has 1 aliphatic carbocycles. The van der Waals surface area contributed by atoms with Gasteiger partial charge in [0.2, 0.25) is 0 Å². The lowest BCUT2D eigenvalue weighted by atomic mass is 9.75. The Balaban J connectivity index is 2.15. The van der Waals surface area contributed by atoms with Crippen LogP contribution in [0.5, 0.6) is 0 Å². The Morgan fingerprint density at radius 1 is 1.62 bits per heavy atom. The smallest absolute Gasteiger partial charge is 0.335 e. The number of nitrogens with zero attached hydrogens (tertiary/aromatic N) is 1. The van der Waals surface area contributed by atoms with Gasteiger partial charge in [0.15, 0.2) is 0 Å². The first-order valence-corrected chi connectivity index (χ1v) is 5.63. The molecule has 1 fully saturated rings. The maximum atomic E-state index is 10.8. The van der Waals surface area contributed by atoms with E-state index in [0.717, 1.165) is 19.3 Å². The van der Waals surface area contributed by atoms with Gasteiger partial charge in [-0.3, -0.25) is 0 Å². The van der Waals surface area contributed by atoms with E-state index in [0.29, 0.717) is 5.82 Å². The maximum absolute atomic E-state index is 10.8. The highest BCUT2D eigenvalue weighted by Crippen LogP contribution is 2.37. The van der Waals surface area contributed by atoms with Crippen molar-refractivity contribution in [1.29, 1.82) is 0 Å². The van der Waals surface area contributed by atoms with Crippen LogP contribution in [0.2, 0.25) is 0 Å². The van der Waals surface area contributed by atoms with E-state index in [1.54, 1.807) is 6.07 Å². The number of hydrogen-bond donors (Lipinski definition) is 2. The first-order chi connectivity index (χ1) is 7.65. The third-order valence-corrected chi connectivity index (χ3v) is 3.39. The number of rotatable bonds is 4. The van der Waals surface area contributed by atoms with Gasteiger partial charge in [-0.2, -0.15) is 0 Å². The Morgan fingerprint density at radius 2 is 2.38 bits per heavy atom. The first-order valence-electron chi connectivity index (χ1n) is 5.63. The maximum Gasteiger partial charge on any atom is 0.335 e. The van der Waals surface area contributed by atoms with E-state index in [2.05, 4.69) is 17.2 Å². The van der Waals surface area contributed by atoms with Crippen molar-refractivity contribution in [3.8, 4) is 0 Å². The number of carbonyl (C=O) groups is 1. The molecular weight excluding hydrogens is 204 g/mol. The molecular formula is C12H16N2O2. The molecule has 4 nitrogen and oxygen atoms in total. The summed E-state index contributed by atoms with van der Waals surface area (Å²) in [6.07, 6.45) is 6.10. The van der Waals surface area contributed by atoms with E-state index in [9.17, 15) is 4.79 Å². The number of aromatic carboxylic acids is 1. The first kappa shape index (κ1) is 10.9. The topological polar surface area (TPSA) is 62.2 Å². The van der Waals surface area contributed by atoms with Crippen LogP contribution in [0, 0.1) is 0 Å². The third-order valence-electron chi connectivity index (χ3n) is 3.39. The van der Waals surface area contributed by atoms with Crippen molar-refractivity contribution >= 4 is 11.8 Å². The van der Waals surface area contributed by atoms with Gasteiger partial charge in [0.25, 0.3) is 0 Å². The molecule has 1 heterocycles. The zero-order valence-electron chi connectivity index (χ0n) is 9.36. The molecule has 1 aromatic rings. The van der Waals surface area contributed by atoms with Gasteiger partial charge in [0, 0.05) is 11.7 Å². The molecule has 1 saturated carbocycles. The molecule has 0 spiro atoms. The van der Waals surface area contributed by atoms with Gasteiger partial charge in [-0.1, -0.05) is 6.92 Å². The van der Waals surface area contributed by atoms with Gasteiger partial charge in [0.1, 0.15) is 5.82 Å². The lowest BCUT2D eigenvalue weighted by Crippen LogP contribution is -2.44. The minimum atomic E-state index is -0.912. The Kier molecular flexibility index (Phi) is 2.81. The Hall–Kier alpha value is -1.58. The standard InChI is InChI=1S/C12H16N2O2/c1-2-12(5-3-6-12)14-10-8-9(11(15)16)4-7-13-10/h4,7-8H,2-3,5-6H2,1H3,(H,13,14)(H,15,16). The molecule has 0 radical (unpaired) electrons. The summed E-state index contributed by atoms with van der Waals surface area (Å²) in [7, 11) is 0. The quantitative estimate of drug-likeness (QED) is 0.818. The van der Waals surface area contributed by atoms with Gasteiger partial charge >= 0.3 is 5.97 Å². The molecule has 4 heteroatoms. The highest BCUT2D eigenvalue weighted by Gasteiger charge is 2.35. The van der Waals surface area contributed by atoms with Crippen LogP contribution in [0.1, 0.15) is 43.0 Å². The molecule has 0 saturated heterocycles. The van der Waals surface area contributed by atoms with Crippen molar-refractivity contribution in [2.45, 2.75) is 38.1 Å². The van der Waals surface area contributed by atoms with Crippen LogP contribution in [-0.2, 0) is 0 Å². The van der Waals surface area contributed by atoms with Crippen LogP contribution in [0.3, 0.4) is 0 Å². The molecule has 2 N–H and O–H groups in total. The normalized spacial score (nSPS) is 17.6. The summed E-state index contributed by atoms with van der Waals surface area (Å²) in [5.41, 5.74) is 0.424. The number of aromatic nitrogens is 1. The fourth-order valence-electron chi connectivity index (χ4n) is 2.07. The van der Waals surface area contributed by atoms with E-state index in [1.165, 1.54) is 18.7 Å². The van der Waals surface area contributed by atoms with Crippen LogP contribution in [0.15, 0.2) is 18.3 Å². The molecule has 86 valence electrons. The van der Waals surface area contributed by atoms with Crippen LogP contribution in [-0.4, -0.2) is 21.6 Å². The lowest BCUT2D eigenvalue weighted by molar-refractivity contribution is 0.0696. The van der Waals surface area contributed by atoms with E-state index in [4.69, 9.17) is 5.11 Å². The molecule has 0 atom stereocenters. The van der Waals surface area contributed by atoms with Crippen molar-refractivity contribution in [2.24, 2.45) is 0 Å². The zero-order valence-corrected chi connectivity index (χ0v) is 9.36. The molecule has 2 rings (SSSR count). The zero-order chi connectivity index (χ0) is 11.6. The summed E-state index contributed by atoms with van der Waals surface area (Å²) in [6, 6.07) is 3.10. The third kappa shape index (κ3) is 2.01. The van der Waals surface area contributed by atoms with Crippen molar-refractivity contribution < 1.29 is 9.90 Å². The predicted octanol–water partition coefficient (Wildman–Crippen LogP) is 2.52. The summed E-state index contributed by atoms with van der Waals surface area (Å²) >= 11 is 0. The number of anilines is 1. The molecule has 1 aromatic heterocycles. The van der Waals surface area contributed by atoms with Crippen LogP contribution in [0.25, 0.3) is 0 Å². The Morgan fingerprint density at radius 3 is 2.88 bits per heavy atom. The second-order valence-corrected chi connectivity index (χ2v) is 4.35. The highest BCUT2D eigenvalue weighted by atomic mass is 16.4. The van der Waals surface area contributed by atoms with Gasteiger partial charge in [-0.05, 0) is 37.8 Å². The molecule has 0 aromatic carbocycles. The van der Waals surface area contributed by atoms with Crippen LogP contribution < -0.4 is 5.32 Å². The predicted molar refractivity (Wildman–Crippen MR) is 61.7 cm³/mol. The molecule has 0 unspecified atom stereocenters. The molecule has 16 heavy (non-hydrogen) atoms. The molecule has 0 bridgehead atoms. The highest BCUT2D eigenvalue weighted by molar-refractivity contribution is 5.88. The minimum absolute atomic E-state index is 0.143. The van der Waals surface area contributed by atoms with Gasteiger partial charge in [-0.25, -0.2) is 9.78 Å². The number of nitrogens with one attached hydrogen (secondary N) is 1. The van der Waals surface area contributed by atoms with Gasteiger partial charge in [0.05, 0.1) is 5.56 Å². The molecule has 0 aliphatic heterocycles. The van der Waals surface area contributed by atoms with E-state index in [1.807, 2.05) is 0 Å². The average Bonchev–Trinajstić information content (AvgIpc) is 2.24. The summed E-state index contributed by atoms with van der Waals surface area (Å²) in [6.45, 7) is 2.15. The lowest BCUT2D eigenvalue weighted by Gasteiger charge is -2.42. The Bertz CT molecular complexity index is 394. The van der Waals surface area contributed by atoms with E-state index < -0.39 is 5.97 Å². The molecule has 1 aliphatic rings. The minimum Gasteiger partial charge on any atom is -0.478 e. The number of pyridine rings is 1. The second kappa shape index (κ2) is 4.12. The van der Waals surface area contributed by atoms with Gasteiger partial charge in [-0.15, -0.1) is 0 Å². The van der Waals surface area contributed by atoms with Crippen molar-refractivity contribution in [3.63, 3.8) is 0 Å². The monoisotopic (exact) mass is 220 g/mol. The number of hydrogen-bond acceptors (Lipinski definition) is 3. The van der Waals surface area contributed by atoms with Crippen molar-refractivity contribution in [1.82, 2.24) is 4.98 Å². The summed E-state index contributed by atoms with van der Waals surface area (Å²) in [5.74, 6) is -0.244. The number of carboxylic acids is 1. The average molecular weight is 220 g/mol. The van der Waals surface area contributed by atoms with Gasteiger partial charge < -0.3 is 10.4 Å². The fourth-order valence-corrected chi connectivity index (χ4v) is 2.07. The van der Waals surface area contributed by atoms with Crippen LogP contribution in [0.4, 0.5) is 5.82 Å². The van der Waals surface area contributed by atoms with E-state index >= 15 is 0 Å². The summed E-state index contributed by atoms with van der Waals surface area (Å²) in [5, 5.41) is 12.2. The van der Waals surface area contributed by atoms with E-state index in [-0.39, 0.29) is 11.1 Å². The second-order valence-electron chi connectivity index (χ2n) is 4.35. The van der Waals surface area contributed by atoms with Crippen molar-refractivity contribution in [2.75, 3.05) is 5.32 Å². The largest absolute Gasteiger partial charge is 0.478 e.